The maximum Gasteiger partial charge on any atom is 0.242 e. The van der Waals surface area contributed by atoms with Crippen molar-refractivity contribution < 1.29 is 8.42 Å². The van der Waals surface area contributed by atoms with Crippen molar-refractivity contribution in [2.75, 3.05) is 5.32 Å². The van der Waals surface area contributed by atoms with Crippen molar-refractivity contribution >= 4 is 38.6 Å². The molecule has 0 radical (unpaired) electrons. The monoisotopic (exact) mass is 345 g/mol. The van der Waals surface area contributed by atoms with E-state index in [0.717, 1.165) is 4.88 Å². The lowest BCUT2D eigenvalue weighted by Crippen LogP contribution is -2.30. The maximum absolute atomic E-state index is 12.3. The van der Waals surface area contributed by atoms with Crippen LogP contribution in [0.1, 0.15) is 18.7 Å². The molecule has 1 heterocycles. The van der Waals surface area contributed by atoms with Gasteiger partial charge < -0.3 is 5.32 Å². The third kappa shape index (κ3) is 4.41. The first kappa shape index (κ1) is 16.2. The lowest BCUT2D eigenvalue weighted by molar-refractivity contribution is 0.570. The van der Waals surface area contributed by atoms with Crippen molar-refractivity contribution in [2.24, 2.45) is 0 Å². The minimum absolute atomic E-state index is 0.164. The molecule has 1 aromatic heterocycles. The minimum Gasteiger partial charge on any atom is -0.379 e. The summed E-state index contributed by atoms with van der Waals surface area (Å²) < 4.78 is 27.6. The summed E-state index contributed by atoms with van der Waals surface area (Å²) in [5.74, 6) is 0. The summed E-state index contributed by atoms with van der Waals surface area (Å²) in [6.45, 7) is 4.04. The fourth-order valence-corrected chi connectivity index (χ4v) is 4.12. The van der Waals surface area contributed by atoms with Crippen LogP contribution in [0.5, 0.6) is 0 Å². The zero-order valence-corrected chi connectivity index (χ0v) is 14.0. The molecule has 0 unspecified atom stereocenters. The number of benzene rings is 1. The van der Waals surface area contributed by atoms with Gasteiger partial charge in [0.05, 0.1) is 12.2 Å². The second-order valence-corrected chi connectivity index (χ2v) is 8.08. The largest absolute Gasteiger partial charge is 0.379 e. The molecular formula is C13H16ClN3O2S2. The van der Waals surface area contributed by atoms with Gasteiger partial charge in [-0.05, 0) is 26.0 Å². The maximum atomic E-state index is 12.3. The molecule has 2 rings (SSSR count). The van der Waals surface area contributed by atoms with Crippen LogP contribution in [0.3, 0.4) is 0 Å². The number of para-hydroxylation sites is 1. The van der Waals surface area contributed by atoms with Crippen LogP contribution >= 0.6 is 22.9 Å². The molecule has 0 atom stereocenters. The molecule has 0 aliphatic heterocycles. The number of rotatable bonds is 6. The first-order valence-corrected chi connectivity index (χ1v) is 9.01. The molecule has 5 nitrogen and oxygen atoms in total. The molecule has 0 amide bonds. The number of nitrogens with zero attached hydrogens (tertiary/aromatic N) is 1. The molecule has 0 aliphatic rings. The van der Waals surface area contributed by atoms with E-state index in [1.807, 2.05) is 0 Å². The highest BCUT2D eigenvalue weighted by atomic mass is 35.5. The fraction of sp³-hybridized carbons (Fsp3) is 0.308. The average molecular weight is 346 g/mol. The summed E-state index contributed by atoms with van der Waals surface area (Å²) in [7, 11) is -3.54. The Hall–Kier alpha value is -1.15. The number of nitrogens with one attached hydrogen (secondary N) is 2. The highest BCUT2D eigenvalue weighted by Crippen LogP contribution is 2.23. The third-order valence-corrected chi connectivity index (χ3v) is 5.38. The smallest absolute Gasteiger partial charge is 0.242 e. The van der Waals surface area contributed by atoms with Crippen molar-refractivity contribution in [2.45, 2.75) is 31.3 Å². The molecule has 21 heavy (non-hydrogen) atoms. The van der Waals surface area contributed by atoms with Gasteiger partial charge in [0, 0.05) is 17.1 Å². The van der Waals surface area contributed by atoms with Gasteiger partial charge in [-0.1, -0.05) is 23.7 Å². The molecule has 2 N–H and O–H groups in total. The van der Waals surface area contributed by atoms with E-state index in [2.05, 4.69) is 15.0 Å². The first-order chi connectivity index (χ1) is 9.88. The van der Waals surface area contributed by atoms with Gasteiger partial charge in [0.25, 0.3) is 0 Å². The predicted octanol–water partition coefficient (Wildman–Crippen LogP) is 3.10. The quantitative estimate of drug-likeness (QED) is 0.844. The number of aromatic nitrogens is 1. The fourth-order valence-electron chi connectivity index (χ4n) is 1.77. The second-order valence-electron chi connectivity index (χ2n) is 4.71. The summed E-state index contributed by atoms with van der Waals surface area (Å²) in [5.41, 5.74) is 0.551. The highest BCUT2D eigenvalue weighted by molar-refractivity contribution is 7.89. The Balaban J connectivity index is 2.21. The summed E-state index contributed by atoms with van der Waals surface area (Å²) in [5, 5.41) is 3.11. The molecule has 1 aromatic carbocycles. The van der Waals surface area contributed by atoms with Crippen molar-refractivity contribution in [1.82, 2.24) is 9.71 Å². The highest BCUT2D eigenvalue weighted by Gasteiger charge is 2.19. The summed E-state index contributed by atoms with van der Waals surface area (Å²) in [6, 6.07) is 6.63. The van der Waals surface area contributed by atoms with Gasteiger partial charge in [0.2, 0.25) is 10.0 Å². The van der Waals surface area contributed by atoms with Crippen molar-refractivity contribution in [1.29, 1.82) is 0 Å². The van der Waals surface area contributed by atoms with Crippen LogP contribution in [0.2, 0.25) is 4.47 Å². The number of hydrogen-bond acceptors (Lipinski definition) is 5. The molecule has 0 aliphatic carbocycles. The van der Waals surface area contributed by atoms with E-state index in [-0.39, 0.29) is 10.9 Å². The standard InChI is InChI=1S/C13H16ClN3O2S2/c1-9(2)17-21(18,19)12-6-4-3-5-11(12)15-7-10-8-16-13(14)20-10/h3-6,8-9,15,17H,7H2,1-2H3. The number of anilines is 1. The van der Waals surface area contributed by atoms with E-state index in [0.29, 0.717) is 16.7 Å². The Morgan fingerprint density at radius 3 is 2.67 bits per heavy atom. The van der Waals surface area contributed by atoms with Gasteiger partial charge in [-0.3, -0.25) is 0 Å². The summed E-state index contributed by atoms with van der Waals surface area (Å²) in [4.78, 5) is 5.12. The molecule has 0 bridgehead atoms. The first-order valence-electron chi connectivity index (χ1n) is 6.34. The van der Waals surface area contributed by atoms with Gasteiger partial charge in [-0.25, -0.2) is 18.1 Å². The van der Waals surface area contributed by atoms with Crippen molar-refractivity contribution in [3.8, 4) is 0 Å². The Labute approximate surface area is 133 Å². The number of halogens is 1. The molecule has 114 valence electrons. The Kier molecular flexibility index (Phi) is 5.21. The van der Waals surface area contributed by atoms with E-state index in [4.69, 9.17) is 11.6 Å². The van der Waals surface area contributed by atoms with Crippen LogP contribution < -0.4 is 10.0 Å². The number of hydrogen-bond donors (Lipinski definition) is 2. The average Bonchev–Trinajstić information content (AvgIpc) is 2.81. The van der Waals surface area contributed by atoms with Crippen LogP contribution in [0.15, 0.2) is 35.4 Å². The lowest BCUT2D eigenvalue weighted by Gasteiger charge is -2.14. The summed E-state index contributed by atoms with van der Waals surface area (Å²) >= 11 is 7.13. The van der Waals surface area contributed by atoms with Crippen LogP contribution in [-0.4, -0.2) is 19.4 Å². The van der Waals surface area contributed by atoms with E-state index in [1.165, 1.54) is 11.3 Å². The van der Waals surface area contributed by atoms with Crippen LogP contribution in [0.4, 0.5) is 5.69 Å². The lowest BCUT2D eigenvalue weighted by atomic mass is 10.3. The van der Waals surface area contributed by atoms with Gasteiger partial charge in [0.15, 0.2) is 4.47 Å². The molecule has 8 heteroatoms. The second kappa shape index (κ2) is 6.74. The van der Waals surface area contributed by atoms with Gasteiger partial charge in [0.1, 0.15) is 4.90 Å². The number of sulfonamides is 1. The summed E-state index contributed by atoms with van der Waals surface area (Å²) in [6.07, 6.45) is 1.67. The van der Waals surface area contributed by atoms with Gasteiger partial charge >= 0.3 is 0 Å². The SMILES string of the molecule is CC(C)NS(=O)(=O)c1ccccc1NCc1cnc(Cl)s1. The molecule has 0 fully saturated rings. The topological polar surface area (TPSA) is 71.1 Å². The molecule has 0 saturated carbocycles. The van der Waals surface area contributed by atoms with E-state index < -0.39 is 10.0 Å². The van der Waals surface area contributed by atoms with Crippen molar-refractivity contribution in [3.63, 3.8) is 0 Å². The zero-order valence-electron chi connectivity index (χ0n) is 11.6. The van der Waals surface area contributed by atoms with Crippen LogP contribution in [-0.2, 0) is 16.6 Å². The Morgan fingerprint density at radius 2 is 2.05 bits per heavy atom. The third-order valence-electron chi connectivity index (χ3n) is 2.55. The Morgan fingerprint density at radius 1 is 1.33 bits per heavy atom. The molecule has 0 saturated heterocycles. The van der Waals surface area contributed by atoms with E-state index >= 15 is 0 Å². The van der Waals surface area contributed by atoms with Crippen molar-refractivity contribution in [3.05, 3.63) is 39.8 Å². The van der Waals surface area contributed by atoms with Gasteiger partial charge in [-0.15, -0.1) is 11.3 Å². The molecule has 2 aromatic rings. The predicted molar refractivity (Wildman–Crippen MR) is 86.4 cm³/mol. The van der Waals surface area contributed by atoms with Gasteiger partial charge in [-0.2, -0.15) is 0 Å². The van der Waals surface area contributed by atoms with E-state index in [1.54, 1.807) is 44.3 Å². The Bertz CT molecular complexity index is 714. The van der Waals surface area contributed by atoms with E-state index in [9.17, 15) is 8.42 Å². The zero-order chi connectivity index (χ0) is 15.5. The molecular weight excluding hydrogens is 330 g/mol. The minimum atomic E-state index is -3.54. The number of thiazole rings is 1. The van der Waals surface area contributed by atoms with Crippen LogP contribution in [0.25, 0.3) is 0 Å². The normalized spacial score (nSPS) is 11.8. The molecule has 0 spiro atoms. The van der Waals surface area contributed by atoms with Crippen LogP contribution in [0, 0.1) is 0 Å².